The van der Waals surface area contributed by atoms with Crippen molar-refractivity contribution in [2.24, 2.45) is 0 Å². The normalized spacial score (nSPS) is 11.6. The molecule has 38 heavy (non-hydrogen) atoms. The Morgan fingerprint density at radius 3 is 1.03 bits per heavy atom. The van der Waals surface area contributed by atoms with E-state index in [1.54, 1.807) is 0 Å². The van der Waals surface area contributed by atoms with E-state index in [0.29, 0.717) is 22.0 Å². The van der Waals surface area contributed by atoms with E-state index in [1.807, 2.05) is 21.3 Å². The second-order valence-electron chi connectivity index (χ2n) is 11.0. The maximum atomic E-state index is 13.0. The lowest BCUT2D eigenvalue weighted by molar-refractivity contribution is 0.530. The van der Waals surface area contributed by atoms with E-state index in [4.69, 9.17) is 0 Å². The number of hydrogen-bond donors (Lipinski definition) is 0. The zero-order valence-corrected chi connectivity index (χ0v) is 27.3. The van der Waals surface area contributed by atoms with Crippen LogP contribution in [-0.2, 0) is 13.1 Å². The summed E-state index contributed by atoms with van der Waals surface area (Å²) in [5, 5.41) is 0. The van der Waals surface area contributed by atoms with E-state index in [2.05, 4.69) is 45.7 Å². The molecule has 0 amide bonds. The van der Waals surface area contributed by atoms with Crippen molar-refractivity contribution in [3.8, 4) is 0 Å². The summed E-state index contributed by atoms with van der Waals surface area (Å²) in [6.07, 6.45) is 25.4. The fourth-order valence-corrected chi connectivity index (χ4v) is 6.24. The summed E-state index contributed by atoms with van der Waals surface area (Å²) in [6, 6.07) is 3.69. The Hall–Kier alpha value is -0.880. The molecule has 2 aromatic rings. The van der Waals surface area contributed by atoms with Gasteiger partial charge in [-0.2, -0.15) is 0 Å². The van der Waals surface area contributed by atoms with Crippen LogP contribution < -0.4 is 11.1 Å². The highest BCUT2D eigenvalue weighted by Gasteiger charge is 2.14. The van der Waals surface area contributed by atoms with Gasteiger partial charge < -0.3 is 9.13 Å². The number of hydrogen-bond acceptors (Lipinski definition) is 2. The largest absolute Gasteiger partial charge is 0.306 e. The molecule has 4 nitrogen and oxygen atoms in total. The summed E-state index contributed by atoms with van der Waals surface area (Å²) >= 11 is 6.97. The Balaban J connectivity index is 1.91. The van der Waals surface area contributed by atoms with Crippen LogP contribution in [0.1, 0.15) is 142 Å². The zero-order chi connectivity index (χ0) is 27.6. The summed E-state index contributed by atoms with van der Waals surface area (Å²) in [7, 11) is 0. The molecule has 0 fully saturated rings. The monoisotopic (exact) mass is 654 g/mol. The fourth-order valence-electron chi connectivity index (χ4n) is 5.38. The Morgan fingerprint density at radius 2 is 0.737 bits per heavy atom. The third-order valence-corrected chi connectivity index (χ3v) is 8.88. The van der Waals surface area contributed by atoms with E-state index in [1.165, 1.54) is 103 Å². The van der Waals surface area contributed by atoms with Gasteiger partial charge in [0.1, 0.15) is 0 Å². The van der Waals surface area contributed by atoms with Crippen molar-refractivity contribution in [1.29, 1.82) is 0 Å². The third kappa shape index (κ3) is 11.7. The summed E-state index contributed by atoms with van der Waals surface area (Å²) in [5.41, 5.74) is 1.69. The molecule has 0 aliphatic heterocycles. The van der Waals surface area contributed by atoms with Crippen LogP contribution in [0.2, 0.25) is 0 Å². The molecule has 2 rings (SSSR count). The fraction of sp³-hybridized carbons (Fsp3) is 0.750. The van der Waals surface area contributed by atoms with Crippen molar-refractivity contribution < 1.29 is 0 Å². The average Bonchev–Trinajstić information content (AvgIpc) is 2.91. The molecular weight excluding hydrogens is 604 g/mol. The molecule has 0 aliphatic rings. The van der Waals surface area contributed by atoms with E-state index in [-0.39, 0.29) is 11.1 Å². The minimum absolute atomic E-state index is 0.00976. The second kappa shape index (κ2) is 20.1. The van der Waals surface area contributed by atoms with E-state index < -0.39 is 0 Å². The van der Waals surface area contributed by atoms with Gasteiger partial charge in [0.2, 0.25) is 0 Å². The van der Waals surface area contributed by atoms with Gasteiger partial charge in [-0.1, -0.05) is 129 Å². The van der Waals surface area contributed by atoms with Crippen LogP contribution in [0.25, 0.3) is 11.0 Å². The maximum Gasteiger partial charge on any atom is 0.265 e. The first kappa shape index (κ1) is 33.3. The standard InChI is InChI=1S/C32H52Br2N2O2/c1-3-5-7-9-11-13-15-17-19-21-23-35-29-25-28(34)32(38)36(30(29)26-27(33)31(35)37)24-22-20-18-16-14-12-10-8-6-4-2/h25-26H,3-24H2,1-2H3. The molecule has 2 heterocycles. The van der Waals surface area contributed by atoms with Crippen LogP contribution >= 0.6 is 31.9 Å². The lowest BCUT2D eigenvalue weighted by atomic mass is 10.1. The molecule has 0 bridgehead atoms. The summed E-state index contributed by atoms with van der Waals surface area (Å²) in [4.78, 5) is 26.1. The van der Waals surface area contributed by atoms with Crippen molar-refractivity contribution in [2.45, 2.75) is 155 Å². The molecule has 0 unspecified atom stereocenters. The van der Waals surface area contributed by atoms with E-state index in [0.717, 1.165) is 36.7 Å². The van der Waals surface area contributed by atoms with Crippen molar-refractivity contribution in [2.75, 3.05) is 0 Å². The molecule has 0 aliphatic carbocycles. The van der Waals surface area contributed by atoms with E-state index >= 15 is 0 Å². The summed E-state index contributed by atoms with van der Waals surface area (Å²) in [6.45, 7) is 5.90. The number of aromatic nitrogens is 2. The Bertz CT molecular complexity index is 961. The molecule has 0 radical (unpaired) electrons. The molecule has 0 N–H and O–H groups in total. The van der Waals surface area contributed by atoms with Crippen LogP contribution in [0.15, 0.2) is 30.7 Å². The number of fused-ring (bicyclic) bond motifs is 1. The second-order valence-corrected chi connectivity index (χ2v) is 12.7. The van der Waals surface area contributed by atoms with Gasteiger partial charge in [-0.05, 0) is 56.8 Å². The van der Waals surface area contributed by atoms with Gasteiger partial charge in [-0.3, -0.25) is 9.59 Å². The van der Waals surface area contributed by atoms with Crippen LogP contribution in [0.3, 0.4) is 0 Å². The average molecular weight is 657 g/mol. The molecular formula is C32H52Br2N2O2. The molecule has 0 aromatic carbocycles. The first-order valence-corrected chi connectivity index (χ1v) is 17.2. The minimum Gasteiger partial charge on any atom is -0.306 e. The summed E-state index contributed by atoms with van der Waals surface area (Å²) < 4.78 is 4.80. The van der Waals surface area contributed by atoms with Crippen molar-refractivity contribution in [3.05, 3.63) is 41.8 Å². The molecule has 0 atom stereocenters. The number of nitrogens with zero attached hydrogens (tertiary/aromatic N) is 2. The first-order valence-electron chi connectivity index (χ1n) is 15.6. The number of rotatable bonds is 22. The van der Waals surface area contributed by atoms with Gasteiger partial charge >= 0.3 is 0 Å². The smallest absolute Gasteiger partial charge is 0.265 e. The van der Waals surface area contributed by atoms with Crippen LogP contribution in [0, 0.1) is 0 Å². The predicted octanol–water partition coefficient (Wildman–Crippen LogP) is 10.5. The van der Waals surface area contributed by atoms with E-state index in [9.17, 15) is 9.59 Å². The molecule has 0 spiro atoms. The van der Waals surface area contributed by atoms with Crippen molar-refractivity contribution in [3.63, 3.8) is 0 Å². The van der Waals surface area contributed by atoms with Crippen molar-refractivity contribution in [1.82, 2.24) is 9.13 Å². The topological polar surface area (TPSA) is 44.0 Å². The van der Waals surface area contributed by atoms with Gasteiger partial charge in [0.05, 0.1) is 20.0 Å². The number of aryl methyl sites for hydroxylation is 2. The Morgan fingerprint density at radius 1 is 0.474 bits per heavy atom. The van der Waals surface area contributed by atoms with Gasteiger partial charge in [-0.25, -0.2) is 0 Å². The lowest BCUT2D eigenvalue weighted by Crippen LogP contribution is -2.27. The molecule has 2 aromatic heterocycles. The van der Waals surface area contributed by atoms with Crippen LogP contribution in [0.5, 0.6) is 0 Å². The van der Waals surface area contributed by atoms with Crippen molar-refractivity contribution >= 4 is 42.9 Å². The number of halogens is 2. The van der Waals surface area contributed by atoms with Crippen LogP contribution in [-0.4, -0.2) is 9.13 Å². The summed E-state index contributed by atoms with van der Waals surface area (Å²) in [5.74, 6) is 0. The highest BCUT2D eigenvalue weighted by atomic mass is 79.9. The molecule has 216 valence electrons. The minimum atomic E-state index is -0.00976. The number of unbranched alkanes of at least 4 members (excludes halogenated alkanes) is 18. The first-order chi connectivity index (χ1) is 18.5. The Labute approximate surface area is 248 Å². The van der Waals surface area contributed by atoms with Gasteiger partial charge in [-0.15, -0.1) is 0 Å². The maximum absolute atomic E-state index is 13.0. The zero-order valence-electron chi connectivity index (χ0n) is 24.2. The quantitative estimate of drug-likeness (QED) is 0.118. The molecule has 0 saturated carbocycles. The van der Waals surface area contributed by atoms with Gasteiger partial charge in [0, 0.05) is 13.1 Å². The highest BCUT2D eigenvalue weighted by Crippen LogP contribution is 2.21. The predicted molar refractivity (Wildman–Crippen MR) is 172 cm³/mol. The highest BCUT2D eigenvalue weighted by molar-refractivity contribution is 9.10. The van der Waals surface area contributed by atoms with Gasteiger partial charge in [0.25, 0.3) is 11.1 Å². The third-order valence-electron chi connectivity index (χ3n) is 7.74. The number of pyridine rings is 2. The Kier molecular flexibility index (Phi) is 17.6. The molecule has 6 heteroatoms. The van der Waals surface area contributed by atoms with Gasteiger partial charge in [0.15, 0.2) is 0 Å². The lowest BCUT2D eigenvalue weighted by Gasteiger charge is -2.16. The SMILES string of the molecule is CCCCCCCCCCCCn1c(=O)c(Br)cc2c1cc(Br)c(=O)n2CCCCCCCCCCCC. The van der Waals surface area contributed by atoms with Crippen LogP contribution in [0.4, 0.5) is 0 Å². The molecule has 0 saturated heterocycles.